The third-order valence-corrected chi connectivity index (χ3v) is 3.10. The zero-order valence-corrected chi connectivity index (χ0v) is 11.8. The number of methoxy groups -OCH3 is 1. The van der Waals surface area contributed by atoms with Crippen molar-refractivity contribution in [2.75, 3.05) is 7.11 Å². The van der Waals surface area contributed by atoms with Crippen LogP contribution in [0.25, 0.3) is 11.6 Å². The SMILES string of the molecule is COc1ccc(/C=C(/C(=O)O)c2ccccc2C(=O)O)cc1. The van der Waals surface area contributed by atoms with E-state index in [-0.39, 0.29) is 16.7 Å². The molecule has 2 rings (SSSR count). The molecule has 2 aromatic carbocycles. The predicted molar refractivity (Wildman–Crippen MR) is 81.9 cm³/mol. The molecule has 0 bridgehead atoms. The van der Waals surface area contributed by atoms with Crippen LogP contribution in [0.15, 0.2) is 48.5 Å². The van der Waals surface area contributed by atoms with E-state index in [4.69, 9.17) is 4.74 Å². The van der Waals surface area contributed by atoms with Gasteiger partial charge in [-0.3, -0.25) is 0 Å². The Balaban J connectivity index is 2.53. The van der Waals surface area contributed by atoms with Gasteiger partial charge in [0.15, 0.2) is 0 Å². The Morgan fingerprint density at radius 2 is 1.55 bits per heavy atom. The van der Waals surface area contributed by atoms with E-state index in [1.165, 1.54) is 25.3 Å². The molecule has 22 heavy (non-hydrogen) atoms. The molecular formula is C17H14O5. The maximum atomic E-state index is 11.5. The van der Waals surface area contributed by atoms with Crippen molar-refractivity contribution >= 4 is 23.6 Å². The second-order valence-corrected chi connectivity index (χ2v) is 4.49. The fourth-order valence-electron chi connectivity index (χ4n) is 2.03. The van der Waals surface area contributed by atoms with Crippen molar-refractivity contribution in [2.45, 2.75) is 0 Å². The van der Waals surface area contributed by atoms with E-state index >= 15 is 0 Å². The molecule has 0 fully saturated rings. The quantitative estimate of drug-likeness (QED) is 0.655. The second-order valence-electron chi connectivity index (χ2n) is 4.49. The molecule has 0 aliphatic rings. The molecular weight excluding hydrogens is 284 g/mol. The van der Waals surface area contributed by atoms with Gasteiger partial charge in [-0.25, -0.2) is 9.59 Å². The number of carbonyl (C=O) groups is 2. The average Bonchev–Trinajstić information content (AvgIpc) is 2.53. The lowest BCUT2D eigenvalue weighted by Gasteiger charge is -2.07. The summed E-state index contributed by atoms with van der Waals surface area (Å²) in [6.45, 7) is 0. The van der Waals surface area contributed by atoms with Crippen LogP contribution in [0.3, 0.4) is 0 Å². The fourth-order valence-corrected chi connectivity index (χ4v) is 2.03. The summed E-state index contributed by atoms with van der Waals surface area (Å²) in [5.41, 5.74) is 0.671. The Morgan fingerprint density at radius 3 is 2.05 bits per heavy atom. The first kappa shape index (κ1) is 15.3. The molecule has 0 aliphatic heterocycles. The van der Waals surface area contributed by atoms with Gasteiger partial charge >= 0.3 is 11.9 Å². The molecule has 0 aromatic heterocycles. The molecule has 0 saturated heterocycles. The maximum Gasteiger partial charge on any atom is 0.336 e. The second kappa shape index (κ2) is 6.58. The number of hydrogen-bond donors (Lipinski definition) is 2. The third-order valence-electron chi connectivity index (χ3n) is 3.10. The normalized spacial score (nSPS) is 11.0. The van der Waals surface area contributed by atoms with E-state index in [1.807, 2.05) is 0 Å². The first-order chi connectivity index (χ1) is 10.5. The Morgan fingerprint density at radius 1 is 0.955 bits per heavy atom. The minimum Gasteiger partial charge on any atom is -0.497 e. The summed E-state index contributed by atoms with van der Waals surface area (Å²) >= 11 is 0. The van der Waals surface area contributed by atoms with Gasteiger partial charge in [0, 0.05) is 5.56 Å². The topological polar surface area (TPSA) is 83.8 Å². The molecule has 0 radical (unpaired) electrons. The van der Waals surface area contributed by atoms with Crippen molar-refractivity contribution in [3.8, 4) is 5.75 Å². The third kappa shape index (κ3) is 3.32. The highest BCUT2D eigenvalue weighted by molar-refractivity contribution is 6.22. The highest BCUT2D eigenvalue weighted by atomic mass is 16.5. The van der Waals surface area contributed by atoms with Crippen LogP contribution in [0.1, 0.15) is 21.5 Å². The van der Waals surface area contributed by atoms with Crippen molar-refractivity contribution in [2.24, 2.45) is 0 Å². The lowest BCUT2D eigenvalue weighted by Crippen LogP contribution is -2.07. The summed E-state index contributed by atoms with van der Waals surface area (Å²) in [6, 6.07) is 12.8. The number of ether oxygens (including phenoxy) is 1. The molecule has 0 unspecified atom stereocenters. The molecule has 5 heteroatoms. The van der Waals surface area contributed by atoms with Crippen molar-refractivity contribution in [1.29, 1.82) is 0 Å². The molecule has 2 aromatic rings. The lowest BCUT2D eigenvalue weighted by atomic mass is 9.97. The summed E-state index contributed by atoms with van der Waals surface area (Å²) < 4.78 is 5.04. The van der Waals surface area contributed by atoms with Crippen LogP contribution in [0.2, 0.25) is 0 Å². The predicted octanol–water partition coefficient (Wildman–Crippen LogP) is 3.02. The average molecular weight is 298 g/mol. The minimum absolute atomic E-state index is 0.0512. The molecule has 0 spiro atoms. The minimum atomic E-state index is -1.19. The maximum absolute atomic E-state index is 11.5. The van der Waals surface area contributed by atoms with Crippen LogP contribution in [-0.2, 0) is 4.79 Å². The Hall–Kier alpha value is -3.08. The zero-order chi connectivity index (χ0) is 16.1. The van der Waals surface area contributed by atoms with E-state index in [2.05, 4.69) is 0 Å². The van der Waals surface area contributed by atoms with E-state index in [0.29, 0.717) is 11.3 Å². The number of carboxylic acid groups (broad SMARTS) is 2. The number of benzene rings is 2. The molecule has 5 nitrogen and oxygen atoms in total. The van der Waals surface area contributed by atoms with Crippen molar-refractivity contribution in [3.05, 3.63) is 65.2 Å². The van der Waals surface area contributed by atoms with Gasteiger partial charge in [-0.1, -0.05) is 30.3 Å². The first-order valence-corrected chi connectivity index (χ1v) is 6.44. The van der Waals surface area contributed by atoms with E-state index in [9.17, 15) is 19.8 Å². The van der Waals surface area contributed by atoms with E-state index < -0.39 is 11.9 Å². The molecule has 2 N–H and O–H groups in total. The number of rotatable bonds is 5. The molecule has 0 heterocycles. The number of aliphatic carboxylic acids is 1. The van der Waals surface area contributed by atoms with Crippen LogP contribution < -0.4 is 4.74 Å². The number of carboxylic acids is 2. The van der Waals surface area contributed by atoms with Gasteiger partial charge in [-0.15, -0.1) is 0 Å². The summed E-state index contributed by atoms with van der Waals surface area (Å²) in [7, 11) is 1.54. The largest absolute Gasteiger partial charge is 0.497 e. The number of hydrogen-bond acceptors (Lipinski definition) is 3. The fraction of sp³-hybridized carbons (Fsp3) is 0.0588. The molecule has 0 atom stereocenters. The smallest absolute Gasteiger partial charge is 0.336 e. The molecule has 112 valence electrons. The highest BCUT2D eigenvalue weighted by Gasteiger charge is 2.17. The summed E-state index contributed by atoms with van der Waals surface area (Å²) in [6.07, 6.45) is 1.43. The van der Waals surface area contributed by atoms with Gasteiger partial charge in [0.05, 0.1) is 18.2 Å². The van der Waals surface area contributed by atoms with E-state index in [1.54, 1.807) is 36.4 Å². The molecule has 0 saturated carbocycles. The van der Waals surface area contributed by atoms with Gasteiger partial charge in [0.2, 0.25) is 0 Å². The van der Waals surface area contributed by atoms with Crippen molar-refractivity contribution in [1.82, 2.24) is 0 Å². The first-order valence-electron chi connectivity index (χ1n) is 6.44. The van der Waals surface area contributed by atoms with E-state index in [0.717, 1.165) is 0 Å². The Kier molecular flexibility index (Phi) is 4.58. The Labute approximate surface area is 127 Å². The van der Waals surface area contributed by atoms with Gasteiger partial charge in [-0.05, 0) is 29.8 Å². The lowest BCUT2D eigenvalue weighted by molar-refractivity contribution is -0.130. The van der Waals surface area contributed by atoms with Gasteiger partial charge < -0.3 is 14.9 Å². The standard InChI is InChI=1S/C17H14O5/c1-22-12-8-6-11(7-9-12)10-15(17(20)21)13-4-2-3-5-14(13)16(18)19/h2-10H,1H3,(H,18,19)(H,20,21)/b15-10+. The van der Waals surface area contributed by atoms with Gasteiger partial charge in [0.1, 0.15) is 5.75 Å². The van der Waals surface area contributed by atoms with Gasteiger partial charge in [-0.2, -0.15) is 0 Å². The summed E-state index contributed by atoms with van der Waals surface area (Å²) in [4.78, 5) is 22.8. The summed E-state index contributed by atoms with van der Waals surface area (Å²) in [5.74, 6) is -1.71. The molecule has 0 aliphatic carbocycles. The summed E-state index contributed by atoms with van der Waals surface area (Å²) in [5, 5.41) is 18.6. The molecule has 0 amide bonds. The zero-order valence-electron chi connectivity index (χ0n) is 11.8. The monoisotopic (exact) mass is 298 g/mol. The van der Waals surface area contributed by atoms with Crippen LogP contribution in [0.4, 0.5) is 0 Å². The van der Waals surface area contributed by atoms with Crippen LogP contribution in [0.5, 0.6) is 5.75 Å². The highest BCUT2D eigenvalue weighted by Crippen LogP contribution is 2.23. The van der Waals surface area contributed by atoms with Crippen molar-refractivity contribution in [3.63, 3.8) is 0 Å². The van der Waals surface area contributed by atoms with Crippen molar-refractivity contribution < 1.29 is 24.5 Å². The number of aromatic carboxylic acids is 1. The van der Waals surface area contributed by atoms with Crippen LogP contribution in [-0.4, -0.2) is 29.3 Å². The van der Waals surface area contributed by atoms with Crippen LogP contribution in [0, 0.1) is 0 Å². The van der Waals surface area contributed by atoms with Gasteiger partial charge in [0.25, 0.3) is 0 Å². The van der Waals surface area contributed by atoms with Crippen LogP contribution >= 0.6 is 0 Å². The Bertz CT molecular complexity index is 729.